The first-order valence-electron chi connectivity index (χ1n) is 7.48. The molecule has 6 heteroatoms. The number of rotatable bonds is 5. The Hall–Kier alpha value is -3.12. The van der Waals surface area contributed by atoms with E-state index in [1.807, 2.05) is 30.3 Å². The van der Waals surface area contributed by atoms with E-state index in [4.69, 9.17) is 4.74 Å². The van der Waals surface area contributed by atoms with Crippen LogP contribution in [0.5, 0.6) is 11.5 Å². The number of hydrogen-bond donors (Lipinski definition) is 1. The molecule has 1 heterocycles. The second kappa shape index (κ2) is 7.63. The molecule has 0 saturated heterocycles. The molecule has 1 amide bonds. The summed E-state index contributed by atoms with van der Waals surface area (Å²) in [5, 5.41) is 2.78. The largest absolute Gasteiger partial charge is 0.465 e. The van der Waals surface area contributed by atoms with Crippen molar-refractivity contribution < 1.29 is 19.1 Å². The number of esters is 1. The average Bonchev–Trinajstić information content (AvgIpc) is 3.14. The van der Waals surface area contributed by atoms with Crippen LogP contribution in [0, 0.1) is 0 Å². The Kier molecular flexibility index (Phi) is 5.11. The monoisotopic (exact) mass is 353 g/mol. The molecule has 5 nitrogen and oxygen atoms in total. The van der Waals surface area contributed by atoms with Crippen LogP contribution in [0.2, 0.25) is 0 Å². The standard InChI is InChI=1S/C19H15NO4S/c1-23-19(22)17-12-11-16(25-17)18(21)20-13-7-9-15(10-8-13)24-14-5-3-2-4-6-14/h2-12H,1H3,(H,20,21). The van der Waals surface area contributed by atoms with Crippen molar-refractivity contribution in [2.45, 2.75) is 0 Å². The first kappa shape index (κ1) is 16.7. The van der Waals surface area contributed by atoms with Gasteiger partial charge in [0.25, 0.3) is 5.91 Å². The number of carbonyl (C=O) groups is 2. The van der Waals surface area contributed by atoms with E-state index in [1.54, 1.807) is 36.4 Å². The Balaban J connectivity index is 1.64. The van der Waals surface area contributed by atoms with Gasteiger partial charge in [0.05, 0.1) is 12.0 Å². The molecule has 1 N–H and O–H groups in total. The molecule has 0 aliphatic rings. The highest BCUT2D eigenvalue weighted by molar-refractivity contribution is 7.16. The van der Waals surface area contributed by atoms with Crippen molar-refractivity contribution in [3.63, 3.8) is 0 Å². The minimum absolute atomic E-state index is 0.281. The van der Waals surface area contributed by atoms with E-state index < -0.39 is 5.97 Å². The zero-order valence-corrected chi connectivity index (χ0v) is 14.2. The Morgan fingerprint density at radius 1 is 0.840 bits per heavy atom. The van der Waals surface area contributed by atoms with Crippen LogP contribution in [0.3, 0.4) is 0 Å². The molecule has 0 aliphatic carbocycles. The van der Waals surface area contributed by atoms with Gasteiger partial charge in [-0.1, -0.05) is 18.2 Å². The topological polar surface area (TPSA) is 64.6 Å². The van der Waals surface area contributed by atoms with E-state index in [0.717, 1.165) is 17.1 Å². The van der Waals surface area contributed by atoms with Gasteiger partial charge in [0.1, 0.15) is 16.4 Å². The predicted octanol–water partition coefficient (Wildman–Crippen LogP) is 4.58. The van der Waals surface area contributed by atoms with Crippen LogP contribution < -0.4 is 10.1 Å². The van der Waals surface area contributed by atoms with Crippen molar-refractivity contribution in [1.29, 1.82) is 0 Å². The quantitative estimate of drug-likeness (QED) is 0.682. The Morgan fingerprint density at radius 3 is 2.16 bits per heavy atom. The number of thiophene rings is 1. The number of nitrogens with one attached hydrogen (secondary N) is 1. The fraction of sp³-hybridized carbons (Fsp3) is 0.0526. The van der Waals surface area contributed by atoms with E-state index in [-0.39, 0.29) is 5.91 Å². The van der Waals surface area contributed by atoms with Gasteiger partial charge in [-0.05, 0) is 48.5 Å². The van der Waals surface area contributed by atoms with Gasteiger partial charge in [-0.2, -0.15) is 0 Å². The molecule has 2 aromatic carbocycles. The van der Waals surface area contributed by atoms with Crippen LogP contribution >= 0.6 is 11.3 Å². The lowest BCUT2D eigenvalue weighted by Gasteiger charge is -2.07. The zero-order valence-electron chi connectivity index (χ0n) is 13.4. The second-order valence-corrected chi connectivity index (χ2v) is 6.13. The van der Waals surface area contributed by atoms with Crippen molar-refractivity contribution in [2.24, 2.45) is 0 Å². The van der Waals surface area contributed by atoms with Gasteiger partial charge in [0, 0.05) is 5.69 Å². The summed E-state index contributed by atoms with van der Waals surface area (Å²) in [4.78, 5) is 24.5. The van der Waals surface area contributed by atoms with E-state index in [0.29, 0.717) is 21.2 Å². The molecule has 0 bridgehead atoms. The summed E-state index contributed by atoms with van der Waals surface area (Å²) >= 11 is 1.09. The molecule has 1 aromatic heterocycles. The summed E-state index contributed by atoms with van der Waals surface area (Å²) in [7, 11) is 1.31. The molecule has 0 saturated carbocycles. The Labute approximate surface area is 148 Å². The minimum atomic E-state index is -0.452. The first-order valence-corrected chi connectivity index (χ1v) is 8.30. The highest BCUT2D eigenvalue weighted by Crippen LogP contribution is 2.24. The summed E-state index contributed by atoms with van der Waals surface area (Å²) in [5.74, 6) is 0.685. The number of para-hydroxylation sites is 1. The Bertz CT molecular complexity index is 872. The Morgan fingerprint density at radius 2 is 1.48 bits per heavy atom. The molecule has 0 aliphatic heterocycles. The summed E-state index contributed by atoms with van der Waals surface area (Å²) in [6.07, 6.45) is 0. The maximum absolute atomic E-state index is 12.2. The SMILES string of the molecule is COC(=O)c1ccc(C(=O)Nc2ccc(Oc3ccccc3)cc2)s1. The van der Waals surface area contributed by atoms with Crippen LogP contribution in [-0.2, 0) is 4.74 Å². The van der Waals surface area contributed by atoms with Crippen LogP contribution in [-0.4, -0.2) is 19.0 Å². The maximum Gasteiger partial charge on any atom is 0.348 e. The molecule has 3 rings (SSSR count). The van der Waals surface area contributed by atoms with Gasteiger partial charge in [-0.25, -0.2) is 4.79 Å². The van der Waals surface area contributed by atoms with Crippen molar-refractivity contribution in [1.82, 2.24) is 0 Å². The van der Waals surface area contributed by atoms with Gasteiger partial charge < -0.3 is 14.8 Å². The van der Waals surface area contributed by atoms with Crippen molar-refractivity contribution >= 4 is 28.9 Å². The van der Waals surface area contributed by atoms with Crippen LogP contribution in [0.1, 0.15) is 19.3 Å². The smallest absolute Gasteiger partial charge is 0.348 e. The summed E-state index contributed by atoms with van der Waals surface area (Å²) < 4.78 is 10.3. The molecular weight excluding hydrogens is 338 g/mol. The van der Waals surface area contributed by atoms with Crippen molar-refractivity contribution in [3.05, 3.63) is 76.5 Å². The number of carbonyl (C=O) groups excluding carboxylic acids is 2. The van der Waals surface area contributed by atoms with Gasteiger partial charge in [0.15, 0.2) is 0 Å². The second-order valence-electron chi connectivity index (χ2n) is 5.05. The molecule has 0 unspecified atom stereocenters. The molecule has 0 atom stereocenters. The molecule has 0 spiro atoms. The summed E-state index contributed by atoms with van der Waals surface area (Å²) in [6.45, 7) is 0. The van der Waals surface area contributed by atoms with E-state index in [9.17, 15) is 9.59 Å². The fourth-order valence-electron chi connectivity index (χ4n) is 2.09. The molecular formula is C19H15NO4S. The molecule has 25 heavy (non-hydrogen) atoms. The third-order valence-electron chi connectivity index (χ3n) is 3.31. The van der Waals surface area contributed by atoms with E-state index in [2.05, 4.69) is 10.1 Å². The first-order chi connectivity index (χ1) is 12.2. The third-order valence-corrected chi connectivity index (χ3v) is 4.37. The average molecular weight is 353 g/mol. The maximum atomic E-state index is 12.2. The zero-order chi connectivity index (χ0) is 17.6. The van der Waals surface area contributed by atoms with Gasteiger partial charge in [-0.3, -0.25) is 4.79 Å². The number of methoxy groups -OCH3 is 1. The lowest BCUT2D eigenvalue weighted by Crippen LogP contribution is -2.09. The third kappa shape index (κ3) is 4.24. The lowest BCUT2D eigenvalue weighted by molar-refractivity contribution is 0.0606. The van der Waals surface area contributed by atoms with E-state index in [1.165, 1.54) is 7.11 Å². The number of ether oxygens (including phenoxy) is 2. The predicted molar refractivity (Wildman–Crippen MR) is 96.6 cm³/mol. The summed E-state index contributed by atoms with van der Waals surface area (Å²) in [5.41, 5.74) is 0.637. The highest BCUT2D eigenvalue weighted by Gasteiger charge is 2.14. The highest BCUT2D eigenvalue weighted by atomic mass is 32.1. The lowest BCUT2D eigenvalue weighted by atomic mass is 10.3. The fourth-order valence-corrected chi connectivity index (χ4v) is 2.91. The van der Waals surface area contributed by atoms with E-state index >= 15 is 0 Å². The number of anilines is 1. The van der Waals surface area contributed by atoms with Gasteiger partial charge >= 0.3 is 5.97 Å². The van der Waals surface area contributed by atoms with Crippen LogP contribution in [0.25, 0.3) is 0 Å². The van der Waals surface area contributed by atoms with Crippen LogP contribution in [0.15, 0.2) is 66.7 Å². The van der Waals surface area contributed by atoms with Gasteiger partial charge in [0.2, 0.25) is 0 Å². The number of amides is 1. The molecule has 0 radical (unpaired) electrons. The minimum Gasteiger partial charge on any atom is -0.465 e. The summed E-state index contributed by atoms with van der Waals surface area (Å²) in [6, 6.07) is 19.7. The van der Waals surface area contributed by atoms with Crippen molar-refractivity contribution in [3.8, 4) is 11.5 Å². The number of hydrogen-bond acceptors (Lipinski definition) is 5. The van der Waals surface area contributed by atoms with Gasteiger partial charge in [-0.15, -0.1) is 11.3 Å². The normalized spacial score (nSPS) is 10.1. The van der Waals surface area contributed by atoms with Crippen LogP contribution in [0.4, 0.5) is 5.69 Å². The number of benzene rings is 2. The molecule has 3 aromatic rings. The molecule has 0 fully saturated rings. The molecule has 126 valence electrons. The van der Waals surface area contributed by atoms with Crippen molar-refractivity contribution in [2.75, 3.05) is 12.4 Å².